The molecule has 1 aliphatic heterocycles. The molecule has 0 radical (unpaired) electrons. The van der Waals surface area contributed by atoms with Gasteiger partial charge in [-0.05, 0) is 31.0 Å². The van der Waals surface area contributed by atoms with E-state index in [9.17, 15) is 5.11 Å². The van der Waals surface area contributed by atoms with Crippen LogP contribution < -0.4 is 10.2 Å². The van der Waals surface area contributed by atoms with Crippen LogP contribution in [0.25, 0.3) is 0 Å². The van der Waals surface area contributed by atoms with Gasteiger partial charge in [-0.1, -0.05) is 48.5 Å². The zero-order chi connectivity index (χ0) is 16.1. The highest BCUT2D eigenvalue weighted by molar-refractivity contribution is 5.46. The van der Waals surface area contributed by atoms with E-state index in [2.05, 4.69) is 58.7 Å². The van der Waals surface area contributed by atoms with E-state index in [0.717, 1.165) is 26.1 Å². The molecule has 0 bridgehead atoms. The summed E-state index contributed by atoms with van der Waals surface area (Å²) in [6, 6.07) is 21.4. The molecule has 1 aliphatic rings. The van der Waals surface area contributed by atoms with E-state index in [4.69, 9.17) is 0 Å². The molecule has 1 heterocycles. The predicted octanol–water partition coefficient (Wildman–Crippen LogP) is 3.05. The van der Waals surface area contributed by atoms with Crippen LogP contribution in [0.1, 0.15) is 18.9 Å². The number of piperidine rings is 1. The van der Waals surface area contributed by atoms with Crippen molar-refractivity contribution in [3.63, 3.8) is 0 Å². The summed E-state index contributed by atoms with van der Waals surface area (Å²) in [5, 5.41) is 13.8. The summed E-state index contributed by atoms with van der Waals surface area (Å²) in [5.41, 5.74) is 2.54. The molecule has 3 atom stereocenters. The summed E-state index contributed by atoms with van der Waals surface area (Å²) >= 11 is 0. The summed E-state index contributed by atoms with van der Waals surface area (Å²) in [4.78, 5) is 2.39. The van der Waals surface area contributed by atoms with E-state index < -0.39 is 0 Å². The van der Waals surface area contributed by atoms with Crippen molar-refractivity contribution >= 4 is 5.69 Å². The number of benzene rings is 2. The van der Waals surface area contributed by atoms with Crippen LogP contribution in [0.4, 0.5) is 5.69 Å². The van der Waals surface area contributed by atoms with Crippen molar-refractivity contribution in [2.24, 2.45) is 5.92 Å². The average Bonchev–Trinajstić information content (AvgIpc) is 2.61. The van der Waals surface area contributed by atoms with Crippen LogP contribution in [0.3, 0.4) is 0 Å². The number of hydrogen-bond donors (Lipinski definition) is 2. The van der Waals surface area contributed by atoms with Gasteiger partial charge in [0, 0.05) is 37.3 Å². The molecule has 2 aromatic carbocycles. The molecule has 3 nitrogen and oxygen atoms in total. The Morgan fingerprint density at radius 1 is 1.04 bits per heavy atom. The fraction of sp³-hybridized carbons (Fsp3) is 0.400. The van der Waals surface area contributed by atoms with Gasteiger partial charge < -0.3 is 15.3 Å². The van der Waals surface area contributed by atoms with Gasteiger partial charge in [-0.2, -0.15) is 0 Å². The van der Waals surface area contributed by atoms with Crippen molar-refractivity contribution in [2.75, 3.05) is 18.0 Å². The Morgan fingerprint density at radius 2 is 1.70 bits per heavy atom. The van der Waals surface area contributed by atoms with Crippen molar-refractivity contribution in [3.05, 3.63) is 66.2 Å². The molecule has 1 fully saturated rings. The monoisotopic (exact) mass is 310 g/mol. The van der Waals surface area contributed by atoms with Gasteiger partial charge in [-0.25, -0.2) is 0 Å². The molecule has 0 amide bonds. The highest BCUT2D eigenvalue weighted by Crippen LogP contribution is 2.25. The van der Waals surface area contributed by atoms with Gasteiger partial charge in [-0.15, -0.1) is 0 Å². The minimum atomic E-state index is -0.275. The Balaban J connectivity index is 1.67. The summed E-state index contributed by atoms with van der Waals surface area (Å²) in [5.74, 6) is 0.303. The van der Waals surface area contributed by atoms with Gasteiger partial charge in [0.2, 0.25) is 0 Å². The molecule has 3 heteroatoms. The van der Waals surface area contributed by atoms with Crippen LogP contribution >= 0.6 is 0 Å². The fourth-order valence-electron chi connectivity index (χ4n) is 3.34. The molecule has 23 heavy (non-hydrogen) atoms. The Morgan fingerprint density at radius 3 is 2.35 bits per heavy atom. The SMILES string of the molecule is CC(O)C1CC(NCc2ccccc2)CN(c2ccccc2)C1. The second-order valence-electron chi connectivity index (χ2n) is 6.54. The third kappa shape index (κ3) is 4.34. The van der Waals surface area contributed by atoms with E-state index in [1.165, 1.54) is 11.3 Å². The van der Waals surface area contributed by atoms with Gasteiger partial charge in [0.15, 0.2) is 0 Å². The lowest BCUT2D eigenvalue weighted by atomic mass is 9.89. The number of rotatable bonds is 5. The lowest BCUT2D eigenvalue weighted by molar-refractivity contribution is 0.106. The molecule has 122 valence electrons. The number of para-hydroxylation sites is 1. The van der Waals surface area contributed by atoms with E-state index in [-0.39, 0.29) is 6.10 Å². The molecule has 3 unspecified atom stereocenters. The van der Waals surface area contributed by atoms with Gasteiger partial charge in [0.25, 0.3) is 0 Å². The largest absolute Gasteiger partial charge is 0.393 e. The molecule has 0 aliphatic carbocycles. The maximum atomic E-state index is 10.1. The van der Waals surface area contributed by atoms with Gasteiger partial charge in [0.05, 0.1) is 6.10 Å². The first-order chi connectivity index (χ1) is 11.2. The number of hydrogen-bond acceptors (Lipinski definition) is 3. The van der Waals surface area contributed by atoms with Crippen LogP contribution in [0.5, 0.6) is 0 Å². The van der Waals surface area contributed by atoms with Crippen LogP contribution in [0, 0.1) is 5.92 Å². The van der Waals surface area contributed by atoms with Crippen molar-refractivity contribution < 1.29 is 5.11 Å². The highest BCUT2D eigenvalue weighted by atomic mass is 16.3. The van der Waals surface area contributed by atoms with Gasteiger partial charge in [-0.3, -0.25) is 0 Å². The topological polar surface area (TPSA) is 35.5 Å². The number of nitrogens with zero attached hydrogens (tertiary/aromatic N) is 1. The smallest absolute Gasteiger partial charge is 0.0557 e. The Kier molecular flexibility index (Phi) is 5.31. The molecule has 0 aromatic heterocycles. The highest BCUT2D eigenvalue weighted by Gasteiger charge is 2.29. The third-order valence-corrected chi connectivity index (χ3v) is 4.72. The molecule has 0 spiro atoms. The Hall–Kier alpha value is -1.84. The lowest BCUT2D eigenvalue weighted by Gasteiger charge is -2.40. The summed E-state index contributed by atoms with van der Waals surface area (Å²) in [6.07, 6.45) is 0.746. The maximum Gasteiger partial charge on any atom is 0.0557 e. The minimum absolute atomic E-state index is 0.275. The first kappa shape index (κ1) is 16.0. The summed E-state index contributed by atoms with van der Waals surface area (Å²) < 4.78 is 0. The lowest BCUT2D eigenvalue weighted by Crippen LogP contribution is -2.51. The van der Waals surface area contributed by atoms with Crippen molar-refractivity contribution in [3.8, 4) is 0 Å². The van der Waals surface area contributed by atoms with Crippen molar-refractivity contribution in [2.45, 2.75) is 32.0 Å². The van der Waals surface area contributed by atoms with E-state index in [0.29, 0.717) is 12.0 Å². The fourth-order valence-corrected chi connectivity index (χ4v) is 3.34. The second kappa shape index (κ2) is 7.62. The first-order valence-electron chi connectivity index (χ1n) is 8.48. The van der Waals surface area contributed by atoms with Crippen LogP contribution in [-0.2, 0) is 6.54 Å². The number of nitrogens with one attached hydrogen (secondary N) is 1. The van der Waals surface area contributed by atoms with Gasteiger partial charge >= 0.3 is 0 Å². The average molecular weight is 310 g/mol. The molecule has 2 N–H and O–H groups in total. The predicted molar refractivity (Wildman–Crippen MR) is 95.5 cm³/mol. The van der Waals surface area contributed by atoms with Crippen LogP contribution in [0.15, 0.2) is 60.7 Å². The standard InChI is InChI=1S/C20H26N2O/c1-16(23)18-12-19(21-13-17-8-4-2-5-9-17)15-22(14-18)20-10-6-3-7-11-20/h2-11,16,18-19,21,23H,12-15H2,1H3. The normalized spacial score (nSPS) is 22.8. The van der Waals surface area contributed by atoms with Crippen LogP contribution in [-0.4, -0.2) is 30.3 Å². The Labute approximate surface area is 139 Å². The number of aliphatic hydroxyl groups is 1. The second-order valence-corrected chi connectivity index (χ2v) is 6.54. The molecule has 3 rings (SSSR count). The number of anilines is 1. The molecular weight excluding hydrogens is 284 g/mol. The van der Waals surface area contributed by atoms with E-state index in [1.54, 1.807) is 0 Å². The number of aliphatic hydroxyl groups excluding tert-OH is 1. The summed E-state index contributed by atoms with van der Waals surface area (Å²) in [6.45, 7) is 4.69. The Bertz CT molecular complexity index is 585. The minimum Gasteiger partial charge on any atom is -0.393 e. The maximum absolute atomic E-state index is 10.1. The molecular formula is C20H26N2O. The van der Waals surface area contributed by atoms with Crippen molar-refractivity contribution in [1.29, 1.82) is 0 Å². The third-order valence-electron chi connectivity index (χ3n) is 4.72. The molecule has 1 saturated heterocycles. The zero-order valence-corrected chi connectivity index (χ0v) is 13.7. The van der Waals surface area contributed by atoms with E-state index in [1.807, 2.05) is 19.1 Å². The molecule has 0 saturated carbocycles. The molecule has 2 aromatic rings. The van der Waals surface area contributed by atoms with Gasteiger partial charge in [0.1, 0.15) is 0 Å². The summed E-state index contributed by atoms with van der Waals surface area (Å²) in [7, 11) is 0. The van der Waals surface area contributed by atoms with Crippen molar-refractivity contribution in [1.82, 2.24) is 5.32 Å². The first-order valence-corrected chi connectivity index (χ1v) is 8.48. The quantitative estimate of drug-likeness (QED) is 0.891. The van der Waals surface area contributed by atoms with Crippen LogP contribution in [0.2, 0.25) is 0 Å². The van der Waals surface area contributed by atoms with E-state index >= 15 is 0 Å². The zero-order valence-electron chi connectivity index (χ0n) is 13.7.